The van der Waals surface area contributed by atoms with Gasteiger partial charge in [-0.1, -0.05) is 214 Å². The van der Waals surface area contributed by atoms with Gasteiger partial charge in [0.05, 0.1) is 27.3 Å². The number of carbonyl (C=O) groups is 2. The molecule has 2 aliphatic heterocycles. The Morgan fingerprint density at radius 2 is 0.895 bits per heavy atom. The Balaban J connectivity index is 0.00000290. The van der Waals surface area contributed by atoms with Crippen molar-refractivity contribution >= 4 is 49.1 Å². The Bertz CT molecular complexity index is 2440. The van der Waals surface area contributed by atoms with Gasteiger partial charge in [0, 0.05) is 35.2 Å². The monoisotopic (exact) mass is 1120 g/mol. The van der Waals surface area contributed by atoms with Crippen molar-refractivity contribution < 1.29 is 69.0 Å². The van der Waals surface area contributed by atoms with Crippen molar-refractivity contribution in [3.8, 4) is 0 Å². The lowest BCUT2D eigenvalue weighted by atomic mass is 9.81. The van der Waals surface area contributed by atoms with Crippen LogP contribution in [0.2, 0.25) is 0 Å². The average molecular weight is 1120 g/mol. The molecule has 0 aromatic heterocycles. The summed E-state index contributed by atoms with van der Waals surface area (Å²) in [6.07, 6.45) is 42.8. The molecule has 0 spiro atoms. The summed E-state index contributed by atoms with van der Waals surface area (Å²) in [5.41, 5.74) is 1.86. The molecule has 0 atom stereocenters. The second kappa shape index (κ2) is 33.3. The van der Waals surface area contributed by atoms with E-state index in [1.165, 1.54) is 166 Å². The molecule has 76 heavy (non-hydrogen) atoms. The number of fused-ring (bicyclic) bond motifs is 2. The highest BCUT2D eigenvalue weighted by atomic mass is 35.7. The zero-order valence-electron chi connectivity index (χ0n) is 46.9. The van der Waals surface area contributed by atoms with E-state index in [0.29, 0.717) is 46.8 Å². The second-order valence-electron chi connectivity index (χ2n) is 22.1. The zero-order valence-corrected chi connectivity index (χ0v) is 49.3. The molecule has 0 radical (unpaired) electrons. The van der Waals surface area contributed by atoms with Crippen LogP contribution >= 0.6 is 0 Å². The third kappa shape index (κ3) is 22.8. The number of benzene rings is 2. The number of amides is 2. The first-order valence-corrected chi connectivity index (χ1v) is 32.8. The number of hydrogen-bond donors (Lipinski definition) is 2. The van der Waals surface area contributed by atoms with Gasteiger partial charge in [0.25, 0.3) is 20.2 Å². The quantitative estimate of drug-likeness (QED) is 0.0368. The number of hydrogen-bond acceptors (Lipinski definition) is 10. The standard InChI is InChI=1S/C59H92N2O8S2.ClHO4/c1-7-9-11-13-15-17-19-21-23-25-27-29-31-33-35-40-56(62)60-52-44-42-48(70(64,65)66)46-50(52)58(3,4)54(60)38-37-39-55-59(5,6)51-47-49(71(67,68)69)43-45-53(51)61(55)57(63)41-36-34-32-30-28-26-24-22-20-18-16-14-12-10-8-2;2-1(3,4)5/h37-39,42-47H,7-36,40-41H2,1-6H3,(H-,64,65,66,67,68,69);(H,2,3,4,5). The number of rotatable bonds is 36. The van der Waals surface area contributed by atoms with Crippen molar-refractivity contribution in [2.24, 2.45) is 0 Å². The van der Waals surface area contributed by atoms with Gasteiger partial charge in [-0.2, -0.15) is 16.8 Å². The third-order valence-electron chi connectivity index (χ3n) is 15.1. The maximum absolute atomic E-state index is 14.3. The first-order chi connectivity index (χ1) is 35.9. The van der Waals surface area contributed by atoms with Gasteiger partial charge in [0.1, 0.15) is 0 Å². The molecule has 4 rings (SSSR count). The van der Waals surface area contributed by atoms with E-state index >= 15 is 0 Å². The summed E-state index contributed by atoms with van der Waals surface area (Å²) in [7, 11) is -14.0. The Morgan fingerprint density at radius 3 is 1.29 bits per heavy atom. The van der Waals surface area contributed by atoms with E-state index in [4.69, 9.17) is 18.6 Å². The fourth-order valence-corrected chi connectivity index (χ4v) is 11.7. The summed E-state index contributed by atoms with van der Waals surface area (Å²) in [6.45, 7) is 12.2. The molecule has 0 fully saturated rings. The summed E-state index contributed by atoms with van der Waals surface area (Å²) in [6, 6.07) is 8.72. The molecule has 2 aromatic rings. The van der Waals surface area contributed by atoms with Crippen molar-refractivity contribution in [2.75, 3.05) is 4.90 Å². The molecule has 0 saturated carbocycles. The van der Waals surface area contributed by atoms with Gasteiger partial charge in [0.2, 0.25) is 17.3 Å². The van der Waals surface area contributed by atoms with Crippen molar-refractivity contribution in [1.82, 2.24) is 0 Å². The molecule has 2 heterocycles. The van der Waals surface area contributed by atoms with Crippen molar-refractivity contribution in [2.45, 2.75) is 268 Å². The number of allylic oxidation sites excluding steroid dienone is 4. The number of nitrogens with zero attached hydrogens (tertiary/aromatic N) is 2. The number of halogens is 1. The van der Waals surface area contributed by atoms with E-state index in [1.807, 2.05) is 39.8 Å². The third-order valence-corrected chi connectivity index (χ3v) is 16.8. The fraction of sp³-hybridized carbons (Fsp3) is 0.678. The van der Waals surface area contributed by atoms with Crippen LogP contribution < -0.4 is 23.5 Å². The van der Waals surface area contributed by atoms with E-state index in [1.54, 1.807) is 27.7 Å². The van der Waals surface area contributed by atoms with Crippen molar-refractivity contribution in [1.29, 1.82) is 0 Å². The molecule has 2 aliphatic rings. The Hall–Kier alpha value is -3.32. The molecule has 0 unspecified atom stereocenters. The second-order valence-corrected chi connectivity index (χ2v) is 25.7. The lowest BCUT2D eigenvalue weighted by molar-refractivity contribution is -2.00. The first-order valence-electron chi connectivity index (χ1n) is 28.6. The largest absolute Gasteiger partial charge is 0.392 e. The molecule has 0 bridgehead atoms. The van der Waals surface area contributed by atoms with Crippen molar-refractivity contribution in [3.05, 3.63) is 71.5 Å². The van der Waals surface area contributed by atoms with Crippen LogP contribution in [0.15, 0.2) is 70.1 Å². The normalized spacial score (nSPS) is 15.6. The molecule has 0 saturated heterocycles. The van der Waals surface area contributed by atoms with Gasteiger partial charge in [-0.3, -0.25) is 18.8 Å². The van der Waals surface area contributed by atoms with Crippen LogP contribution in [0.1, 0.15) is 258 Å². The highest BCUT2D eigenvalue weighted by Crippen LogP contribution is 2.49. The minimum Gasteiger partial charge on any atom is -0.284 e. The highest BCUT2D eigenvalue weighted by Gasteiger charge is 2.48. The predicted octanol–water partition coefficient (Wildman–Crippen LogP) is 11.6. The summed E-state index contributed by atoms with van der Waals surface area (Å²) >= 11 is 0. The van der Waals surface area contributed by atoms with E-state index in [2.05, 4.69) is 13.8 Å². The number of carbonyl (C=O) groups excluding carboxylic acids is 2. The van der Waals surface area contributed by atoms with Gasteiger partial charge in [-0.05, 0) is 68.7 Å². The summed E-state index contributed by atoms with van der Waals surface area (Å²) in [5.74, 6) is -0.213. The van der Waals surface area contributed by atoms with Gasteiger partial charge in [-0.25, -0.2) is 23.4 Å². The van der Waals surface area contributed by atoms with Gasteiger partial charge in [0.15, 0.2) is 0 Å². The minimum absolute atomic E-state index is 0.106. The Morgan fingerprint density at radius 1 is 0.539 bits per heavy atom. The van der Waals surface area contributed by atoms with E-state index in [0.717, 1.165) is 51.4 Å². The van der Waals surface area contributed by atoms with Crippen LogP contribution in [0.5, 0.6) is 0 Å². The van der Waals surface area contributed by atoms with E-state index in [9.17, 15) is 35.5 Å². The van der Waals surface area contributed by atoms with Gasteiger partial charge < -0.3 is 0 Å². The van der Waals surface area contributed by atoms with Crippen LogP contribution in [0.4, 0.5) is 11.4 Å². The summed E-state index contributed by atoms with van der Waals surface area (Å²) < 4.78 is 105. The molecule has 2 amide bonds. The lowest BCUT2D eigenvalue weighted by Crippen LogP contribution is -2.68. The molecule has 14 nitrogen and oxygen atoms in total. The molecule has 2 N–H and O–H groups in total. The SMILES string of the molecule is CCCCCCCCCCCCCCCCCC(=O)N1/C(=C/C=C/C2=[N+](C(=O)CCCCCCCCCCCCCCCCC)c3ccc(S(=O)(=O)O)cc3C2(C)C)C(C)(C)c2cc(S(=O)(=O)O)ccc21.[O-][Cl+3]([O-])([O-])[O-]. The summed E-state index contributed by atoms with van der Waals surface area (Å²) in [4.78, 5) is 29.8. The van der Waals surface area contributed by atoms with Crippen LogP contribution in [0.25, 0.3) is 0 Å². The molecule has 0 aliphatic carbocycles. The van der Waals surface area contributed by atoms with Gasteiger partial charge >= 0.3 is 5.91 Å². The minimum atomic E-state index is -4.94. The van der Waals surface area contributed by atoms with E-state index in [-0.39, 0.29) is 21.6 Å². The maximum Gasteiger partial charge on any atom is 0.392 e. The molecular formula is C59H93ClN2O12S2. The first kappa shape index (κ1) is 67.0. The summed E-state index contributed by atoms with van der Waals surface area (Å²) in [5, 5.41) is 0. The van der Waals surface area contributed by atoms with Crippen molar-refractivity contribution in [3.63, 3.8) is 0 Å². The van der Waals surface area contributed by atoms with Gasteiger partial charge in [-0.15, -0.1) is 14.8 Å². The predicted molar refractivity (Wildman–Crippen MR) is 292 cm³/mol. The smallest absolute Gasteiger partial charge is 0.284 e. The molecule has 17 heteroatoms. The number of anilines is 1. The fourth-order valence-electron chi connectivity index (χ4n) is 10.7. The Kier molecular flexibility index (Phi) is 29.3. The van der Waals surface area contributed by atoms with Crippen LogP contribution in [-0.4, -0.2) is 48.0 Å². The number of unbranched alkanes of at least 4 members (excludes halogenated alkanes) is 28. The van der Waals surface area contributed by atoms with Crippen LogP contribution in [-0.2, 0) is 40.7 Å². The lowest BCUT2D eigenvalue weighted by Gasteiger charge is -2.25. The molecule has 2 aromatic carbocycles. The maximum atomic E-state index is 14.3. The Labute approximate surface area is 459 Å². The molecular weight excluding hydrogens is 1030 g/mol. The zero-order chi connectivity index (χ0) is 56.4. The molecule has 430 valence electrons. The average Bonchev–Trinajstić information content (AvgIpc) is 3.70. The highest BCUT2D eigenvalue weighted by molar-refractivity contribution is 7.86. The van der Waals surface area contributed by atoms with Crippen LogP contribution in [0.3, 0.4) is 0 Å². The van der Waals surface area contributed by atoms with E-state index < -0.39 is 41.3 Å². The van der Waals surface area contributed by atoms with Crippen LogP contribution in [0, 0.1) is 10.2 Å². The topological polar surface area (TPSA) is 241 Å².